The van der Waals surface area contributed by atoms with E-state index >= 15 is 0 Å². The number of allylic oxidation sites excluding steroid dienone is 1. The van der Waals surface area contributed by atoms with E-state index in [1.165, 1.54) is 13.2 Å². The largest absolute Gasteiger partial charge is 0.493 e. The van der Waals surface area contributed by atoms with Crippen LogP contribution in [0, 0.1) is 6.92 Å². The number of anilines is 2. The Kier molecular flexibility index (Phi) is 8.29. The van der Waals surface area contributed by atoms with Gasteiger partial charge < -0.3 is 9.47 Å². The van der Waals surface area contributed by atoms with Crippen molar-refractivity contribution in [2.75, 3.05) is 16.9 Å². The number of carbonyl (C=O) groups is 3. The standard InChI is InChI=1S/C35H30N2O5/c1-4-11-27-20-26(22-31(41-3)32(27)42-23-25-18-16-24(2)17-19-25)21-30-33(38)36(28-12-7-5-8-13-28)35(40)37(34(30)39)29-14-9-6-10-15-29/h4-10,12-22H,1,11,23H2,2-3H3. The van der Waals surface area contributed by atoms with Gasteiger partial charge in [0.15, 0.2) is 11.5 Å². The van der Waals surface area contributed by atoms with Gasteiger partial charge in [-0.2, -0.15) is 0 Å². The van der Waals surface area contributed by atoms with Gasteiger partial charge >= 0.3 is 6.03 Å². The second kappa shape index (κ2) is 12.4. The van der Waals surface area contributed by atoms with Gasteiger partial charge in [0, 0.05) is 5.56 Å². The molecule has 0 aliphatic carbocycles. The maximum atomic E-state index is 13.8. The molecule has 0 radical (unpaired) electrons. The molecule has 0 bridgehead atoms. The van der Waals surface area contributed by atoms with E-state index in [1.807, 2.05) is 37.3 Å². The van der Waals surface area contributed by atoms with Crippen molar-refractivity contribution in [2.24, 2.45) is 0 Å². The van der Waals surface area contributed by atoms with E-state index < -0.39 is 17.8 Å². The lowest BCUT2D eigenvalue weighted by Crippen LogP contribution is -2.57. The Balaban J connectivity index is 1.57. The number of ether oxygens (including phenoxy) is 2. The molecule has 210 valence electrons. The summed E-state index contributed by atoms with van der Waals surface area (Å²) in [5.41, 5.74) is 4.03. The van der Waals surface area contributed by atoms with Crippen molar-refractivity contribution in [1.82, 2.24) is 0 Å². The van der Waals surface area contributed by atoms with Crippen molar-refractivity contribution < 1.29 is 23.9 Å². The molecule has 4 aromatic carbocycles. The molecule has 0 unspecified atom stereocenters. The number of carbonyl (C=O) groups excluding carboxylic acids is 3. The minimum Gasteiger partial charge on any atom is -0.493 e. The molecule has 4 amide bonds. The van der Waals surface area contributed by atoms with E-state index in [0.717, 1.165) is 26.5 Å². The molecule has 1 aliphatic heterocycles. The number of rotatable bonds is 9. The molecule has 1 fully saturated rings. The Hall–Kier alpha value is -5.43. The number of benzene rings is 4. The van der Waals surface area contributed by atoms with Crippen LogP contribution in [-0.2, 0) is 22.6 Å². The van der Waals surface area contributed by atoms with Gasteiger partial charge in [0.2, 0.25) is 0 Å². The van der Waals surface area contributed by atoms with Gasteiger partial charge in [-0.3, -0.25) is 9.59 Å². The van der Waals surface area contributed by atoms with E-state index in [0.29, 0.717) is 41.5 Å². The Morgan fingerprint density at radius 3 is 1.88 bits per heavy atom. The summed E-state index contributed by atoms with van der Waals surface area (Å²) >= 11 is 0. The lowest BCUT2D eigenvalue weighted by atomic mass is 10.0. The lowest BCUT2D eigenvalue weighted by molar-refractivity contribution is -0.121. The number of imide groups is 2. The summed E-state index contributed by atoms with van der Waals surface area (Å²) in [6, 6.07) is 27.9. The summed E-state index contributed by atoms with van der Waals surface area (Å²) in [7, 11) is 1.53. The number of hydrogen-bond acceptors (Lipinski definition) is 5. The van der Waals surface area contributed by atoms with E-state index in [2.05, 4.69) is 6.58 Å². The van der Waals surface area contributed by atoms with Crippen LogP contribution in [0.1, 0.15) is 22.3 Å². The lowest BCUT2D eigenvalue weighted by Gasteiger charge is -2.34. The average molecular weight is 559 g/mol. The highest BCUT2D eigenvalue weighted by molar-refractivity contribution is 6.46. The van der Waals surface area contributed by atoms with E-state index in [4.69, 9.17) is 9.47 Å². The molecule has 0 saturated carbocycles. The molecular formula is C35H30N2O5. The molecule has 0 N–H and O–H groups in total. The van der Waals surface area contributed by atoms with Crippen LogP contribution in [0.3, 0.4) is 0 Å². The summed E-state index contributed by atoms with van der Waals surface area (Å²) in [5.74, 6) is -0.437. The third-order valence-corrected chi connectivity index (χ3v) is 6.83. The topological polar surface area (TPSA) is 76.2 Å². The summed E-state index contributed by atoms with van der Waals surface area (Å²) in [6.45, 7) is 6.23. The zero-order valence-corrected chi connectivity index (χ0v) is 23.4. The maximum Gasteiger partial charge on any atom is 0.343 e. The van der Waals surface area contributed by atoms with E-state index in [1.54, 1.807) is 72.8 Å². The van der Waals surface area contributed by atoms with Crippen molar-refractivity contribution in [1.29, 1.82) is 0 Å². The third kappa shape index (κ3) is 5.71. The average Bonchev–Trinajstić information content (AvgIpc) is 3.00. The number of para-hydroxylation sites is 2. The first-order valence-corrected chi connectivity index (χ1v) is 13.5. The summed E-state index contributed by atoms with van der Waals surface area (Å²) in [5, 5.41) is 0. The third-order valence-electron chi connectivity index (χ3n) is 6.83. The molecule has 4 aromatic rings. The summed E-state index contributed by atoms with van der Waals surface area (Å²) < 4.78 is 11.9. The van der Waals surface area contributed by atoms with Crippen molar-refractivity contribution in [3.63, 3.8) is 0 Å². The predicted octanol–water partition coefficient (Wildman–Crippen LogP) is 6.89. The molecule has 7 heteroatoms. The number of barbiturate groups is 1. The zero-order chi connectivity index (χ0) is 29.6. The maximum absolute atomic E-state index is 13.8. The van der Waals surface area contributed by atoms with Gasteiger partial charge in [-0.05, 0) is 66.9 Å². The van der Waals surface area contributed by atoms with Crippen molar-refractivity contribution in [3.05, 3.63) is 138 Å². The molecule has 42 heavy (non-hydrogen) atoms. The van der Waals surface area contributed by atoms with Gasteiger partial charge in [-0.1, -0.05) is 72.3 Å². The number of hydrogen-bond donors (Lipinski definition) is 0. The van der Waals surface area contributed by atoms with E-state index in [-0.39, 0.29) is 5.57 Å². The fraction of sp³-hybridized carbons (Fsp3) is 0.114. The summed E-state index contributed by atoms with van der Waals surface area (Å²) in [6.07, 6.45) is 3.69. The SMILES string of the molecule is C=CCc1cc(C=C2C(=O)N(c3ccccc3)C(=O)N(c3ccccc3)C2=O)cc(OC)c1OCc1ccc(C)cc1. The second-order valence-electron chi connectivity index (χ2n) is 9.77. The molecule has 0 spiro atoms. The van der Waals surface area contributed by atoms with Crippen LogP contribution in [0.25, 0.3) is 6.08 Å². The fourth-order valence-corrected chi connectivity index (χ4v) is 4.74. The smallest absolute Gasteiger partial charge is 0.343 e. The number of aryl methyl sites for hydroxylation is 1. The Morgan fingerprint density at radius 2 is 1.36 bits per heavy atom. The van der Waals surface area contributed by atoms with Gasteiger partial charge in [-0.15, -0.1) is 6.58 Å². The minimum absolute atomic E-state index is 0.165. The van der Waals surface area contributed by atoms with Crippen molar-refractivity contribution in [2.45, 2.75) is 20.0 Å². The molecule has 0 atom stereocenters. The Morgan fingerprint density at radius 1 is 0.786 bits per heavy atom. The van der Waals surface area contributed by atoms with Gasteiger partial charge in [0.25, 0.3) is 11.8 Å². The number of nitrogens with zero attached hydrogens (tertiary/aromatic N) is 2. The number of amides is 4. The molecule has 0 aromatic heterocycles. The van der Waals surface area contributed by atoms with Gasteiger partial charge in [-0.25, -0.2) is 14.6 Å². The first kappa shape index (κ1) is 28.1. The number of methoxy groups -OCH3 is 1. The van der Waals surface area contributed by atoms with Crippen LogP contribution in [0.5, 0.6) is 11.5 Å². The second-order valence-corrected chi connectivity index (χ2v) is 9.77. The van der Waals surface area contributed by atoms with Crippen LogP contribution in [-0.4, -0.2) is 25.0 Å². The van der Waals surface area contributed by atoms with Crippen molar-refractivity contribution in [3.8, 4) is 11.5 Å². The fourth-order valence-electron chi connectivity index (χ4n) is 4.74. The predicted molar refractivity (Wildman–Crippen MR) is 164 cm³/mol. The van der Waals surface area contributed by atoms with Crippen LogP contribution in [0.2, 0.25) is 0 Å². The van der Waals surface area contributed by atoms with Gasteiger partial charge in [0.1, 0.15) is 12.2 Å². The molecule has 1 saturated heterocycles. The molecular weight excluding hydrogens is 528 g/mol. The Labute approximate surface area is 244 Å². The minimum atomic E-state index is -0.746. The summed E-state index contributed by atoms with van der Waals surface area (Å²) in [4.78, 5) is 43.1. The normalized spacial score (nSPS) is 13.3. The molecule has 5 rings (SSSR count). The monoisotopic (exact) mass is 558 g/mol. The first-order valence-electron chi connectivity index (χ1n) is 13.5. The Bertz CT molecular complexity index is 1600. The quantitative estimate of drug-likeness (QED) is 0.127. The van der Waals surface area contributed by atoms with Crippen LogP contribution >= 0.6 is 0 Å². The molecule has 1 aliphatic rings. The highest BCUT2D eigenvalue weighted by atomic mass is 16.5. The highest BCUT2D eigenvalue weighted by Crippen LogP contribution is 2.36. The number of urea groups is 1. The first-order chi connectivity index (χ1) is 20.4. The van der Waals surface area contributed by atoms with Gasteiger partial charge in [0.05, 0.1) is 18.5 Å². The highest BCUT2D eigenvalue weighted by Gasteiger charge is 2.43. The van der Waals surface area contributed by atoms with Crippen LogP contribution in [0.15, 0.2) is 115 Å². The van der Waals surface area contributed by atoms with Crippen LogP contribution in [0.4, 0.5) is 16.2 Å². The molecule has 7 nitrogen and oxygen atoms in total. The van der Waals surface area contributed by atoms with E-state index in [9.17, 15) is 14.4 Å². The zero-order valence-electron chi connectivity index (χ0n) is 23.4. The van der Waals surface area contributed by atoms with Crippen molar-refractivity contribution >= 4 is 35.3 Å². The molecule has 1 heterocycles. The van der Waals surface area contributed by atoms with Crippen LogP contribution < -0.4 is 19.3 Å².